The first-order valence-corrected chi connectivity index (χ1v) is 15.0. The van der Waals surface area contributed by atoms with Crippen LogP contribution in [-0.2, 0) is 14.7 Å². The van der Waals surface area contributed by atoms with Gasteiger partial charge in [-0.15, -0.1) is 10.3 Å². The molecule has 0 N–H and O–H groups in total. The number of hydrogen-bond acceptors (Lipinski definition) is 5. The van der Waals surface area contributed by atoms with Gasteiger partial charge in [-0.2, -0.15) is 5.26 Å². The Balaban J connectivity index is 1.13. The van der Waals surface area contributed by atoms with Gasteiger partial charge >= 0.3 is 5.97 Å². The fourth-order valence-corrected chi connectivity index (χ4v) is 5.69. The predicted molar refractivity (Wildman–Crippen MR) is 158 cm³/mol. The van der Waals surface area contributed by atoms with E-state index < -0.39 is 11.1 Å². The first-order chi connectivity index (χ1) is 19.1. The number of carbonyl (C=O) groups is 1. The lowest BCUT2D eigenvalue weighted by molar-refractivity contribution is -0.248. The first-order valence-electron chi connectivity index (χ1n) is 15.0. The monoisotopic (exact) mass is 547 g/mol. The molecular weight excluding hydrogens is 500 g/mol. The lowest BCUT2D eigenvalue weighted by Crippen LogP contribution is -2.47. The molecule has 1 fully saturated rings. The molecule has 0 aliphatic carbocycles. The fraction of sp³-hybridized carbons (Fsp3) is 0.588. The Labute approximate surface area is 241 Å². The van der Waals surface area contributed by atoms with E-state index in [1.807, 2.05) is 64.1 Å². The topological polar surface area (TPSA) is 82.5 Å². The molecule has 2 aromatic carbocycles. The molecule has 0 amide bonds. The van der Waals surface area contributed by atoms with Crippen LogP contribution in [0.25, 0.3) is 11.1 Å². The van der Waals surface area contributed by atoms with E-state index in [1.54, 1.807) is 0 Å². The minimum Gasteiger partial charge on any atom is -0.494 e. The molecule has 1 aliphatic heterocycles. The lowest BCUT2D eigenvalue weighted by Gasteiger charge is -2.32. The molecule has 0 aromatic heterocycles. The van der Waals surface area contributed by atoms with Crippen LogP contribution in [0.3, 0.4) is 0 Å². The van der Waals surface area contributed by atoms with Crippen molar-refractivity contribution < 1.29 is 19.5 Å². The largest absolute Gasteiger partial charge is 0.494 e. The molecular formula is C34H47N2O4. The number of carbonyl (C=O) groups excluding carboxylic acids is 1. The number of benzene rings is 2. The number of nitriles is 1. The summed E-state index contributed by atoms with van der Waals surface area (Å²) in [4.78, 5) is 12.5. The van der Waals surface area contributed by atoms with E-state index in [9.17, 15) is 10.0 Å². The third-order valence-corrected chi connectivity index (χ3v) is 8.17. The molecule has 1 heterocycles. The van der Waals surface area contributed by atoms with Crippen molar-refractivity contribution in [1.82, 2.24) is 5.06 Å². The summed E-state index contributed by atoms with van der Waals surface area (Å²) in [6, 6.07) is 17.9. The van der Waals surface area contributed by atoms with Crippen molar-refractivity contribution in [2.45, 2.75) is 109 Å². The molecule has 40 heavy (non-hydrogen) atoms. The Bertz CT molecular complexity index is 1090. The minimum absolute atomic E-state index is 0.223. The highest BCUT2D eigenvalue weighted by Gasteiger charge is 2.55. The maximum Gasteiger partial charge on any atom is 0.310 e. The summed E-state index contributed by atoms with van der Waals surface area (Å²) in [6.07, 6.45) is 12.2. The fourth-order valence-electron chi connectivity index (χ4n) is 5.69. The second-order valence-corrected chi connectivity index (χ2v) is 12.3. The molecule has 0 spiro atoms. The summed E-state index contributed by atoms with van der Waals surface area (Å²) in [6.45, 7) is 8.67. The molecule has 1 unspecified atom stereocenters. The second kappa shape index (κ2) is 15.2. The third-order valence-electron chi connectivity index (χ3n) is 8.17. The van der Waals surface area contributed by atoms with Gasteiger partial charge in [-0.25, -0.2) is 0 Å². The van der Waals surface area contributed by atoms with Crippen molar-refractivity contribution >= 4 is 5.97 Å². The summed E-state index contributed by atoms with van der Waals surface area (Å²) in [5.74, 6) is 0.311. The van der Waals surface area contributed by atoms with Gasteiger partial charge in [0.2, 0.25) is 0 Å². The molecule has 217 valence electrons. The molecule has 1 atom stereocenters. The SMILES string of the molecule is CC1(C)CC(C(=O)OCCCCCCCCCCCCOc2ccc(-c3ccc(C#N)cc3)cc2)C(C)(C)N1[O]. The first kappa shape index (κ1) is 31.6. The highest BCUT2D eigenvalue weighted by molar-refractivity contribution is 5.74. The molecule has 6 nitrogen and oxygen atoms in total. The Kier molecular flexibility index (Phi) is 12.0. The van der Waals surface area contributed by atoms with Crippen LogP contribution in [0.1, 0.15) is 104 Å². The third kappa shape index (κ3) is 9.08. The van der Waals surface area contributed by atoms with Gasteiger partial charge in [0.25, 0.3) is 0 Å². The van der Waals surface area contributed by atoms with Crippen LogP contribution >= 0.6 is 0 Å². The molecule has 1 aliphatic rings. The van der Waals surface area contributed by atoms with Crippen LogP contribution in [0.15, 0.2) is 48.5 Å². The number of unbranched alkanes of at least 4 members (excludes halogenated alkanes) is 9. The highest BCUT2D eigenvalue weighted by Crippen LogP contribution is 2.44. The summed E-state index contributed by atoms with van der Waals surface area (Å²) >= 11 is 0. The summed E-state index contributed by atoms with van der Waals surface area (Å²) in [5.41, 5.74) is 1.64. The van der Waals surface area contributed by atoms with Crippen molar-refractivity contribution in [2.24, 2.45) is 5.92 Å². The van der Waals surface area contributed by atoms with E-state index in [-0.39, 0.29) is 11.9 Å². The maximum atomic E-state index is 12.5. The van der Waals surface area contributed by atoms with Gasteiger partial charge in [-0.05, 0) is 82.3 Å². The van der Waals surface area contributed by atoms with Crippen molar-refractivity contribution in [1.29, 1.82) is 5.26 Å². The van der Waals surface area contributed by atoms with E-state index in [0.29, 0.717) is 18.6 Å². The minimum atomic E-state index is -0.713. The lowest BCUT2D eigenvalue weighted by atomic mass is 9.87. The van der Waals surface area contributed by atoms with Crippen LogP contribution in [0.5, 0.6) is 5.75 Å². The summed E-state index contributed by atoms with van der Waals surface area (Å²) < 4.78 is 11.4. The Morgan fingerprint density at radius 1 is 0.800 bits per heavy atom. The molecule has 0 bridgehead atoms. The number of ether oxygens (including phenoxy) is 2. The number of hydroxylamine groups is 2. The summed E-state index contributed by atoms with van der Waals surface area (Å²) in [7, 11) is 0. The van der Waals surface area contributed by atoms with Gasteiger partial charge in [0, 0.05) is 5.54 Å². The van der Waals surface area contributed by atoms with Crippen LogP contribution in [0.4, 0.5) is 0 Å². The van der Waals surface area contributed by atoms with E-state index in [4.69, 9.17) is 14.7 Å². The zero-order chi connectivity index (χ0) is 29.0. The predicted octanol–water partition coefficient (Wildman–Crippen LogP) is 8.27. The van der Waals surface area contributed by atoms with E-state index >= 15 is 0 Å². The number of nitrogens with zero attached hydrogens (tertiary/aromatic N) is 2. The molecule has 2 aromatic rings. The second-order valence-electron chi connectivity index (χ2n) is 12.3. The van der Waals surface area contributed by atoms with Crippen LogP contribution in [0.2, 0.25) is 0 Å². The Hall–Kier alpha value is -2.88. The van der Waals surface area contributed by atoms with E-state index in [1.165, 1.54) is 44.9 Å². The van der Waals surface area contributed by atoms with Crippen LogP contribution in [-0.4, -0.2) is 35.3 Å². The van der Waals surface area contributed by atoms with Gasteiger partial charge in [-0.3, -0.25) is 4.79 Å². The van der Waals surface area contributed by atoms with E-state index in [2.05, 4.69) is 18.2 Å². The van der Waals surface area contributed by atoms with Crippen molar-refractivity contribution in [2.75, 3.05) is 13.2 Å². The maximum absolute atomic E-state index is 12.5. The average molecular weight is 548 g/mol. The number of esters is 1. The van der Waals surface area contributed by atoms with Gasteiger partial charge in [0.15, 0.2) is 0 Å². The van der Waals surface area contributed by atoms with Crippen LogP contribution in [0, 0.1) is 17.2 Å². The quantitative estimate of drug-likeness (QED) is 0.156. The number of rotatable bonds is 16. The average Bonchev–Trinajstić information content (AvgIpc) is 3.12. The Morgan fingerprint density at radius 2 is 1.27 bits per heavy atom. The number of hydrogen-bond donors (Lipinski definition) is 0. The van der Waals surface area contributed by atoms with Gasteiger partial charge in [-0.1, -0.05) is 75.6 Å². The standard InChI is InChI=1S/C34H47N2O4/c1-33(2)25-31(34(3,4)36(33)38)32(37)40-24-14-12-10-8-6-5-7-9-11-13-23-39-30-21-19-29(20-22-30)28-17-15-27(26-35)16-18-28/h15-22,31H,5-14,23-25H2,1-4H3. The molecule has 0 saturated carbocycles. The molecule has 1 radical (unpaired) electrons. The van der Waals surface area contributed by atoms with Gasteiger partial charge < -0.3 is 9.47 Å². The van der Waals surface area contributed by atoms with E-state index in [0.717, 1.165) is 47.8 Å². The molecule has 6 heteroatoms. The van der Waals surface area contributed by atoms with Crippen molar-refractivity contribution in [3.8, 4) is 22.9 Å². The summed E-state index contributed by atoms with van der Waals surface area (Å²) in [5, 5.41) is 22.5. The van der Waals surface area contributed by atoms with Crippen molar-refractivity contribution in [3.63, 3.8) is 0 Å². The zero-order valence-electron chi connectivity index (χ0n) is 24.9. The van der Waals surface area contributed by atoms with Crippen molar-refractivity contribution in [3.05, 3.63) is 54.1 Å². The molecule has 3 rings (SSSR count). The van der Waals surface area contributed by atoms with Crippen LogP contribution < -0.4 is 4.74 Å². The molecule has 1 saturated heterocycles. The van der Waals surface area contributed by atoms with Gasteiger partial charge in [0.1, 0.15) is 5.75 Å². The smallest absolute Gasteiger partial charge is 0.310 e. The normalized spacial score (nSPS) is 17.9. The highest BCUT2D eigenvalue weighted by atomic mass is 16.5. The Morgan fingerprint density at radius 3 is 1.75 bits per heavy atom. The van der Waals surface area contributed by atoms with Gasteiger partial charge in [0.05, 0.1) is 36.3 Å². The zero-order valence-corrected chi connectivity index (χ0v) is 24.9.